The summed E-state index contributed by atoms with van der Waals surface area (Å²) in [6, 6.07) is 9.91. The van der Waals surface area contributed by atoms with Gasteiger partial charge in [0.2, 0.25) is 0 Å². The van der Waals surface area contributed by atoms with Crippen LogP contribution in [0.2, 0.25) is 0 Å². The third-order valence-corrected chi connectivity index (χ3v) is 5.81. The number of fused-ring (bicyclic) bond motifs is 1. The van der Waals surface area contributed by atoms with Gasteiger partial charge in [-0.1, -0.05) is 12.1 Å². The second kappa shape index (κ2) is 9.26. The molecule has 0 aliphatic heterocycles. The van der Waals surface area contributed by atoms with Crippen molar-refractivity contribution in [1.29, 1.82) is 0 Å². The molecule has 0 radical (unpaired) electrons. The number of nitrogens with zero attached hydrogens (tertiary/aromatic N) is 6. The first-order valence-electron chi connectivity index (χ1n) is 11.5. The van der Waals surface area contributed by atoms with Crippen molar-refractivity contribution in [3.8, 4) is 23.0 Å². The van der Waals surface area contributed by atoms with Crippen molar-refractivity contribution in [3.63, 3.8) is 0 Å². The minimum absolute atomic E-state index is 0.0584. The Morgan fingerprint density at radius 3 is 2.51 bits per heavy atom. The van der Waals surface area contributed by atoms with Gasteiger partial charge in [-0.3, -0.25) is 4.68 Å². The summed E-state index contributed by atoms with van der Waals surface area (Å²) in [6.45, 7) is 5.98. The number of aryl methyl sites for hydroxylation is 1. The lowest BCUT2D eigenvalue weighted by Crippen LogP contribution is -2.09. The van der Waals surface area contributed by atoms with Crippen LogP contribution in [0, 0.1) is 6.92 Å². The number of halogens is 3. The molecule has 5 rings (SSSR count). The van der Waals surface area contributed by atoms with Gasteiger partial charge in [-0.05, 0) is 44.5 Å². The first-order chi connectivity index (χ1) is 17.7. The summed E-state index contributed by atoms with van der Waals surface area (Å²) in [4.78, 5) is 9.35. The quantitative estimate of drug-likeness (QED) is 0.295. The Morgan fingerprint density at radius 2 is 1.86 bits per heavy atom. The van der Waals surface area contributed by atoms with E-state index in [1.165, 1.54) is 4.68 Å². The molecule has 0 aliphatic carbocycles. The van der Waals surface area contributed by atoms with Crippen molar-refractivity contribution >= 4 is 16.9 Å². The summed E-state index contributed by atoms with van der Waals surface area (Å²) in [5.41, 5.74) is 2.66. The minimum atomic E-state index is -4.50. The van der Waals surface area contributed by atoms with E-state index in [-0.39, 0.29) is 6.04 Å². The maximum absolute atomic E-state index is 13.0. The average Bonchev–Trinajstić information content (AvgIpc) is 3.60. The van der Waals surface area contributed by atoms with Gasteiger partial charge in [-0.2, -0.15) is 23.4 Å². The third-order valence-electron chi connectivity index (χ3n) is 5.81. The first kappa shape index (κ1) is 24.3. The van der Waals surface area contributed by atoms with Crippen LogP contribution in [0.3, 0.4) is 0 Å². The molecule has 0 atom stereocenters. The minimum Gasteiger partial charge on any atom is -0.493 e. The fourth-order valence-corrected chi connectivity index (χ4v) is 4.00. The SMILES string of the molecule is COc1cnn(C(C)C)c1-c1nc(NCc2ccc(-n3nc(C(F)(F)F)cc3C)cc2)c2occc2n1. The Kier molecular flexibility index (Phi) is 6.10. The molecule has 4 aromatic heterocycles. The van der Waals surface area contributed by atoms with Crippen molar-refractivity contribution < 1.29 is 22.3 Å². The van der Waals surface area contributed by atoms with Crippen molar-refractivity contribution in [3.05, 3.63) is 65.8 Å². The monoisotopic (exact) mass is 511 g/mol. The zero-order chi connectivity index (χ0) is 26.3. The maximum Gasteiger partial charge on any atom is 0.435 e. The number of nitrogens with one attached hydrogen (secondary N) is 1. The van der Waals surface area contributed by atoms with Crippen LogP contribution in [-0.2, 0) is 12.7 Å². The summed E-state index contributed by atoms with van der Waals surface area (Å²) in [5, 5.41) is 11.4. The lowest BCUT2D eigenvalue weighted by atomic mass is 10.2. The Bertz CT molecular complexity index is 1550. The van der Waals surface area contributed by atoms with Gasteiger partial charge in [0.05, 0.1) is 25.3 Å². The molecular weight excluding hydrogens is 487 g/mol. The Labute approximate surface area is 209 Å². The zero-order valence-electron chi connectivity index (χ0n) is 20.5. The Morgan fingerprint density at radius 1 is 1.11 bits per heavy atom. The molecule has 0 aliphatic rings. The normalized spacial score (nSPS) is 12.0. The second-order valence-electron chi connectivity index (χ2n) is 8.73. The number of hydrogen-bond donors (Lipinski definition) is 1. The number of furan rings is 1. The molecule has 9 nitrogen and oxygen atoms in total. The highest BCUT2D eigenvalue weighted by molar-refractivity contribution is 5.85. The van der Waals surface area contributed by atoms with E-state index in [2.05, 4.69) is 20.5 Å². The van der Waals surface area contributed by atoms with Gasteiger partial charge in [-0.25, -0.2) is 14.6 Å². The standard InChI is InChI=1S/C25H24F3N7O2/c1-14(2)34-21(19(36-4)13-30-34)23-31-18-9-10-37-22(18)24(32-23)29-12-16-5-7-17(8-6-16)35-15(3)11-20(33-35)25(26,27)28/h5-11,13-14H,12H2,1-4H3,(H,29,31,32). The highest BCUT2D eigenvalue weighted by Crippen LogP contribution is 2.33. The summed E-state index contributed by atoms with van der Waals surface area (Å²) in [5.74, 6) is 1.48. The van der Waals surface area contributed by atoms with E-state index in [1.54, 1.807) is 49.4 Å². The number of alkyl halides is 3. The van der Waals surface area contributed by atoms with Gasteiger partial charge < -0.3 is 14.5 Å². The molecule has 4 heterocycles. The number of methoxy groups -OCH3 is 1. The van der Waals surface area contributed by atoms with Gasteiger partial charge in [0.15, 0.2) is 28.7 Å². The van der Waals surface area contributed by atoms with E-state index >= 15 is 0 Å². The van der Waals surface area contributed by atoms with Crippen LogP contribution >= 0.6 is 0 Å². The highest BCUT2D eigenvalue weighted by Gasteiger charge is 2.34. The number of rotatable bonds is 7. The van der Waals surface area contributed by atoms with Crippen molar-refractivity contribution in [2.45, 2.75) is 39.5 Å². The Balaban J connectivity index is 1.42. The average molecular weight is 512 g/mol. The lowest BCUT2D eigenvalue weighted by Gasteiger charge is -2.13. The lowest BCUT2D eigenvalue weighted by molar-refractivity contribution is -0.141. The first-order valence-corrected chi connectivity index (χ1v) is 11.5. The van der Waals surface area contributed by atoms with E-state index in [9.17, 15) is 13.2 Å². The molecular formula is C25H24F3N7O2. The van der Waals surface area contributed by atoms with Crippen LogP contribution in [0.5, 0.6) is 5.75 Å². The van der Waals surface area contributed by atoms with Gasteiger partial charge >= 0.3 is 6.18 Å². The van der Waals surface area contributed by atoms with Crippen molar-refractivity contribution in [2.75, 3.05) is 12.4 Å². The van der Waals surface area contributed by atoms with Crippen LogP contribution in [-0.4, -0.2) is 36.6 Å². The molecule has 1 aromatic carbocycles. The summed E-state index contributed by atoms with van der Waals surface area (Å²) in [7, 11) is 1.57. The van der Waals surface area contributed by atoms with Crippen molar-refractivity contribution in [2.24, 2.45) is 0 Å². The molecule has 0 unspecified atom stereocenters. The van der Waals surface area contributed by atoms with Crippen LogP contribution < -0.4 is 10.1 Å². The van der Waals surface area contributed by atoms with Crippen molar-refractivity contribution in [1.82, 2.24) is 29.5 Å². The zero-order valence-corrected chi connectivity index (χ0v) is 20.5. The maximum atomic E-state index is 13.0. The van der Waals surface area contributed by atoms with Crippen LogP contribution in [0.1, 0.15) is 36.8 Å². The van der Waals surface area contributed by atoms with Gasteiger partial charge in [0.25, 0.3) is 0 Å². The van der Waals surface area contributed by atoms with E-state index in [1.807, 2.05) is 26.0 Å². The van der Waals surface area contributed by atoms with Crippen LogP contribution in [0.4, 0.5) is 19.0 Å². The van der Waals surface area contributed by atoms with Gasteiger partial charge in [-0.15, -0.1) is 0 Å². The van der Waals surface area contributed by atoms with E-state index in [0.29, 0.717) is 52.1 Å². The number of hydrogen-bond acceptors (Lipinski definition) is 7. The van der Waals surface area contributed by atoms with E-state index < -0.39 is 11.9 Å². The molecule has 0 amide bonds. The predicted octanol–water partition coefficient (Wildman–Crippen LogP) is 5.80. The summed E-state index contributed by atoms with van der Waals surface area (Å²) < 4.78 is 53.2. The number of benzene rings is 1. The summed E-state index contributed by atoms with van der Waals surface area (Å²) >= 11 is 0. The molecule has 0 saturated heterocycles. The molecule has 0 spiro atoms. The highest BCUT2D eigenvalue weighted by atomic mass is 19.4. The molecule has 0 fully saturated rings. The van der Waals surface area contributed by atoms with Gasteiger partial charge in [0, 0.05) is 24.3 Å². The molecule has 5 aromatic rings. The topological polar surface area (TPSA) is 95.8 Å². The molecule has 12 heteroatoms. The fraction of sp³-hybridized carbons (Fsp3) is 0.280. The number of aromatic nitrogens is 6. The largest absolute Gasteiger partial charge is 0.493 e. The third kappa shape index (κ3) is 4.61. The Hall–Kier alpha value is -4.35. The number of anilines is 1. The van der Waals surface area contributed by atoms with E-state index in [4.69, 9.17) is 14.1 Å². The summed E-state index contributed by atoms with van der Waals surface area (Å²) in [6.07, 6.45) is -1.32. The van der Waals surface area contributed by atoms with E-state index in [0.717, 1.165) is 11.6 Å². The molecule has 0 saturated carbocycles. The number of ether oxygens (including phenoxy) is 1. The molecule has 192 valence electrons. The smallest absolute Gasteiger partial charge is 0.435 e. The van der Waals surface area contributed by atoms with Gasteiger partial charge in [0.1, 0.15) is 11.2 Å². The predicted molar refractivity (Wildman–Crippen MR) is 131 cm³/mol. The van der Waals surface area contributed by atoms with Crippen LogP contribution in [0.25, 0.3) is 28.3 Å². The molecule has 0 bridgehead atoms. The molecule has 1 N–H and O–H groups in total. The van der Waals surface area contributed by atoms with Crippen LogP contribution in [0.15, 0.2) is 53.3 Å². The second-order valence-corrected chi connectivity index (χ2v) is 8.73. The fourth-order valence-electron chi connectivity index (χ4n) is 4.00. The molecule has 37 heavy (non-hydrogen) atoms.